The van der Waals surface area contributed by atoms with Crippen LogP contribution in [0.3, 0.4) is 0 Å². The van der Waals surface area contributed by atoms with E-state index in [-0.39, 0.29) is 11.8 Å². The minimum absolute atomic E-state index is 0.0899. The van der Waals surface area contributed by atoms with Crippen molar-refractivity contribution in [2.75, 3.05) is 13.1 Å². The maximum absolute atomic E-state index is 12.5. The van der Waals surface area contributed by atoms with Crippen molar-refractivity contribution >= 4 is 61.6 Å². The third-order valence-corrected chi connectivity index (χ3v) is 5.11. The van der Waals surface area contributed by atoms with Gasteiger partial charge in [0, 0.05) is 27.1 Å². The highest BCUT2D eigenvalue weighted by Gasteiger charge is 2.25. The molecule has 0 bridgehead atoms. The largest absolute Gasteiger partial charge is 0.393 e. The van der Waals surface area contributed by atoms with Gasteiger partial charge in [-0.3, -0.25) is 4.79 Å². The molecule has 1 aromatic carbocycles. The standard InChI is InChI=1S/C13H14BrIN2OS/c14-9-1-2-11(15)10(7-9)13(18)17-5-3-8(4-6-17)12(16)19/h1-2,7-8H,3-6H2,(H2,16,19). The number of hydrogen-bond donors (Lipinski definition) is 1. The minimum atomic E-state index is 0.0899. The molecule has 0 radical (unpaired) electrons. The van der Waals surface area contributed by atoms with E-state index in [4.69, 9.17) is 18.0 Å². The van der Waals surface area contributed by atoms with E-state index in [0.29, 0.717) is 4.99 Å². The summed E-state index contributed by atoms with van der Waals surface area (Å²) in [6.45, 7) is 1.45. The van der Waals surface area contributed by atoms with Crippen LogP contribution in [0.1, 0.15) is 23.2 Å². The Bertz CT molecular complexity index is 515. The molecular formula is C13H14BrIN2OS. The van der Waals surface area contributed by atoms with Gasteiger partial charge in [0.1, 0.15) is 0 Å². The van der Waals surface area contributed by atoms with Gasteiger partial charge >= 0.3 is 0 Å². The average molecular weight is 453 g/mol. The van der Waals surface area contributed by atoms with Crippen molar-refractivity contribution in [3.05, 3.63) is 31.8 Å². The molecule has 1 fully saturated rings. The van der Waals surface area contributed by atoms with Crippen LogP contribution < -0.4 is 5.73 Å². The van der Waals surface area contributed by atoms with Crippen molar-refractivity contribution < 1.29 is 4.79 Å². The summed E-state index contributed by atoms with van der Waals surface area (Å²) in [5.74, 6) is 0.368. The van der Waals surface area contributed by atoms with Gasteiger partial charge < -0.3 is 10.6 Å². The second-order valence-corrected chi connectivity index (χ2v) is 7.14. The first-order valence-electron chi connectivity index (χ1n) is 6.02. The number of rotatable bonds is 2. The monoisotopic (exact) mass is 452 g/mol. The summed E-state index contributed by atoms with van der Waals surface area (Å²) in [7, 11) is 0. The van der Waals surface area contributed by atoms with Crippen molar-refractivity contribution in [1.82, 2.24) is 4.90 Å². The lowest BCUT2D eigenvalue weighted by molar-refractivity contribution is 0.0709. The van der Waals surface area contributed by atoms with Gasteiger partial charge in [-0.05, 0) is 53.6 Å². The molecule has 1 heterocycles. The van der Waals surface area contributed by atoms with E-state index in [1.54, 1.807) is 0 Å². The molecule has 2 N–H and O–H groups in total. The number of likely N-dealkylation sites (tertiary alicyclic amines) is 1. The van der Waals surface area contributed by atoms with Gasteiger partial charge in [0.25, 0.3) is 5.91 Å². The average Bonchev–Trinajstić information content (AvgIpc) is 2.41. The summed E-state index contributed by atoms with van der Waals surface area (Å²) in [6, 6.07) is 5.76. The predicted octanol–water partition coefficient (Wildman–Crippen LogP) is 3.19. The summed E-state index contributed by atoms with van der Waals surface area (Å²) in [4.78, 5) is 14.9. The topological polar surface area (TPSA) is 46.3 Å². The lowest BCUT2D eigenvalue weighted by Crippen LogP contribution is -2.41. The SMILES string of the molecule is NC(=S)C1CCN(C(=O)c2cc(Br)ccc2I)CC1. The summed E-state index contributed by atoms with van der Waals surface area (Å²) in [5, 5.41) is 0. The number of carbonyl (C=O) groups excluding carboxylic acids is 1. The zero-order chi connectivity index (χ0) is 14.0. The van der Waals surface area contributed by atoms with Crippen LogP contribution >= 0.6 is 50.7 Å². The minimum Gasteiger partial charge on any atom is -0.393 e. The maximum atomic E-state index is 12.5. The quantitative estimate of drug-likeness (QED) is 0.553. The number of hydrogen-bond acceptors (Lipinski definition) is 2. The number of piperidine rings is 1. The Hall–Kier alpha value is -0.210. The zero-order valence-corrected chi connectivity index (χ0v) is 14.8. The first-order valence-corrected chi connectivity index (χ1v) is 8.30. The first kappa shape index (κ1) is 15.2. The van der Waals surface area contributed by atoms with Crippen LogP contribution in [-0.2, 0) is 0 Å². The molecule has 1 amide bonds. The molecule has 3 nitrogen and oxygen atoms in total. The summed E-state index contributed by atoms with van der Waals surface area (Å²) in [6.07, 6.45) is 1.73. The maximum Gasteiger partial charge on any atom is 0.254 e. The van der Waals surface area contributed by atoms with Crippen LogP contribution in [0.2, 0.25) is 0 Å². The smallest absolute Gasteiger partial charge is 0.254 e. The van der Waals surface area contributed by atoms with Crippen LogP contribution in [0.25, 0.3) is 0 Å². The van der Waals surface area contributed by atoms with Gasteiger partial charge in [0.15, 0.2) is 0 Å². The summed E-state index contributed by atoms with van der Waals surface area (Å²) in [5.41, 5.74) is 6.42. The highest BCUT2D eigenvalue weighted by Crippen LogP contribution is 2.23. The Morgan fingerprint density at radius 1 is 1.42 bits per heavy atom. The van der Waals surface area contributed by atoms with E-state index in [1.165, 1.54) is 0 Å². The van der Waals surface area contributed by atoms with E-state index in [1.807, 2.05) is 23.1 Å². The van der Waals surface area contributed by atoms with Crippen molar-refractivity contribution in [3.8, 4) is 0 Å². The van der Waals surface area contributed by atoms with Crippen LogP contribution in [-0.4, -0.2) is 28.9 Å². The molecular weight excluding hydrogens is 439 g/mol. The highest BCUT2D eigenvalue weighted by molar-refractivity contribution is 14.1. The molecule has 0 unspecified atom stereocenters. The fraction of sp³-hybridized carbons (Fsp3) is 0.385. The highest BCUT2D eigenvalue weighted by atomic mass is 127. The fourth-order valence-electron chi connectivity index (χ4n) is 2.20. The number of carbonyl (C=O) groups is 1. The van der Waals surface area contributed by atoms with Crippen LogP contribution in [0.4, 0.5) is 0 Å². The Morgan fingerprint density at radius 3 is 2.63 bits per heavy atom. The molecule has 0 saturated carbocycles. The molecule has 1 saturated heterocycles. The summed E-state index contributed by atoms with van der Waals surface area (Å²) >= 11 is 10.6. The van der Waals surface area contributed by atoms with Crippen molar-refractivity contribution in [3.63, 3.8) is 0 Å². The molecule has 0 spiro atoms. The van der Waals surface area contributed by atoms with Gasteiger partial charge in [-0.15, -0.1) is 0 Å². The Kier molecular flexibility index (Phi) is 5.19. The molecule has 0 atom stereocenters. The molecule has 0 aromatic heterocycles. The van der Waals surface area contributed by atoms with E-state index >= 15 is 0 Å². The zero-order valence-electron chi connectivity index (χ0n) is 10.2. The van der Waals surface area contributed by atoms with E-state index in [2.05, 4.69) is 38.5 Å². The lowest BCUT2D eigenvalue weighted by atomic mass is 9.96. The fourth-order valence-corrected chi connectivity index (χ4v) is 3.36. The third-order valence-electron chi connectivity index (χ3n) is 3.34. The van der Waals surface area contributed by atoms with Gasteiger partial charge in [0.05, 0.1) is 10.6 Å². The molecule has 2 rings (SSSR count). The number of nitrogens with two attached hydrogens (primary N) is 1. The van der Waals surface area contributed by atoms with Crippen LogP contribution in [0.5, 0.6) is 0 Å². The number of benzene rings is 1. The molecule has 1 aliphatic rings. The first-order chi connectivity index (χ1) is 8.99. The Labute approximate surface area is 140 Å². The van der Waals surface area contributed by atoms with E-state index in [0.717, 1.165) is 39.5 Å². The number of nitrogens with zero attached hydrogens (tertiary/aromatic N) is 1. The number of thiocarbonyl (C=S) groups is 1. The molecule has 1 aromatic rings. The second-order valence-electron chi connectivity index (χ2n) is 4.59. The van der Waals surface area contributed by atoms with Crippen molar-refractivity contribution in [1.29, 1.82) is 0 Å². The van der Waals surface area contributed by atoms with Gasteiger partial charge in [0.2, 0.25) is 0 Å². The van der Waals surface area contributed by atoms with Gasteiger partial charge in [-0.1, -0.05) is 28.1 Å². The normalized spacial score (nSPS) is 16.4. The van der Waals surface area contributed by atoms with Crippen LogP contribution in [0.15, 0.2) is 22.7 Å². The number of amides is 1. The van der Waals surface area contributed by atoms with Crippen molar-refractivity contribution in [2.24, 2.45) is 11.7 Å². The molecule has 6 heteroatoms. The molecule has 1 aliphatic heterocycles. The van der Waals surface area contributed by atoms with Gasteiger partial charge in [-0.25, -0.2) is 0 Å². The van der Waals surface area contributed by atoms with E-state index < -0.39 is 0 Å². The number of halogens is 2. The third kappa shape index (κ3) is 3.66. The van der Waals surface area contributed by atoms with Gasteiger partial charge in [-0.2, -0.15) is 0 Å². The lowest BCUT2D eigenvalue weighted by Gasteiger charge is -2.31. The van der Waals surface area contributed by atoms with E-state index in [9.17, 15) is 4.79 Å². The Balaban J connectivity index is 2.09. The molecule has 19 heavy (non-hydrogen) atoms. The predicted molar refractivity (Wildman–Crippen MR) is 92.3 cm³/mol. The Morgan fingerprint density at radius 2 is 2.05 bits per heavy atom. The van der Waals surface area contributed by atoms with Crippen molar-refractivity contribution in [2.45, 2.75) is 12.8 Å². The second kappa shape index (κ2) is 6.49. The summed E-state index contributed by atoms with van der Waals surface area (Å²) < 4.78 is 1.90. The van der Waals surface area contributed by atoms with Crippen LogP contribution in [0, 0.1) is 9.49 Å². The molecule has 0 aliphatic carbocycles. The molecule has 102 valence electrons.